The van der Waals surface area contributed by atoms with E-state index >= 15 is 0 Å². The van der Waals surface area contributed by atoms with Crippen molar-refractivity contribution in [2.24, 2.45) is 0 Å². The molecular weight excluding hydrogens is 226 g/mol. The molecule has 0 fully saturated rings. The van der Waals surface area contributed by atoms with Gasteiger partial charge in [0.1, 0.15) is 6.54 Å². The van der Waals surface area contributed by atoms with Crippen LogP contribution in [0.25, 0.3) is 0 Å². The molecule has 90 valence electrons. The number of aliphatic carboxylic acids is 1. The van der Waals surface area contributed by atoms with E-state index in [2.05, 4.69) is 20.5 Å². The predicted molar refractivity (Wildman–Crippen MR) is 54.1 cm³/mol. The third-order valence-electron chi connectivity index (χ3n) is 2.05. The first-order valence-corrected chi connectivity index (χ1v) is 5.03. The lowest BCUT2D eigenvalue weighted by atomic mass is 10.2. The van der Waals surface area contributed by atoms with E-state index < -0.39 is 5.97 Å². The molecule has 0 unspecified atom stereocenters. The van der Waals surface area contributed by atoms with Crippen molar-refractivity contribution in [3.63, 3.8) is 0 Å². The van der Waals surface area contributed by atoms with Gasteiger partial charge >= 0.3 is 5.97 Å². The van der Waals surface area contributed by atoms with Gasteiger partial charge in [0, 0.05) is 19.5 Å². The van der Waals surface area contributed by atoms with E-state index in [1.54, 1.807) is 13.1 Å². The summed E-state index contributed by atoms with van der Waals surface area (Å²) in [6, 6.07) is 0. The van der Waals surface area contributed by atoms with Gasteiger partial charge in [0.25, 0.3) is 0 Å². The molecule has 0 aliphatic heterocycles. The van der Waals surface area contributed by atoms with Crippen LogP contribution in [0.4, 0.5) is 0 Å². The van der Waals surface area contributed by atoms with Gasteiger partial charge in [-0.1, -0.05) is 5.21 Å². The maximum atomic E-state index is 10.4. The highest BCUT2D eigenvalue weighted by atomic mass is 16.4. The van der Waals surface area contributed by atoms with Crippen LogP contribution in [0.5, 0.6) is 0 Å². The van der Waals surface area contributed by atoms with Gasteiger partial charge in [-0.05, 0) is 0 Å². The van der Waals surface area contributed by atoms with Crippen molar-refractivity contribution >= 4 is 5.97 Å². The van der Waals surface area contributed by atoms with Crippen LogP contribution in [0.15, 0.2) is 10.6 Å². The molecule has 17 heavy (non-hydrogen) atoms. The number of hydrogen-bond donors (Lipinski definition) is 1. The van der Waals surface area contributed by atoms with Crippen LogP contribution in [0, 0.1) is 6.92 Å². The van der Waals surface area contributed by atoms with Crippen molar-refractivity contribution in [2.75, 3.05) is 0 Å². The molecule has 2 rings (SSSR count). The molecule has 8 heteroatoms. The van der Waals surface area contributed by atoms with Crippen LogP contribution in [0.2, 0.25) is 0 Å². The number of aryl methyl sites for hydroxylation is 2. The molecule has 2 aromatic heterocycles. The second kappa shape index (κ2) is 4.73. The van der Waals surface area contributed by atoms with Gasteiger partial charge in [-0.2, -0.15) is 0 Å². The van der Waals surface area contributed by atoms with Crippen molar-refractivity contribution in [3.05, 3.63) is 23.7 Å². The van der Waals surface area contributed by atoms with Crippen molar-refractivity contribution in [1.82, 2.24) is 25.2 Å². The largest absolute Gasteiger partial charge is 0.481 e. The first kappa shape index (κ1) is 11.2. The minimum absolute atomic E-state index is 0.0400. The molecule has 0 aromatic carbocycles. The first-order valence-electron chi connectivity index (χ1n) is 5.03. The Hall–Kier alpha value is -2.25. The van der Waals surface area contributed by atoms with Crippen molar-refractivity contribution < 1.29 is 14.3 Å². The number of aromatic nitrogens is 5. The summed E-state index contributed by atoms with van der Waals surface area (Å²) >= 11 is 0. The fraction of sp³-hybridized carbons (Fsp3) is 0.444. The summed E-state index contributed by atoms with van der Waals surface area (Å²) in [4.78, 5) is 10.4. The average molecular weight is 237 g/mol. The Labute approximate surface area is 96.3 Å². The Morgan fingerprint density at radius 3 is 2.94 bits per heavy atom. The number of carbonyl (C=O) groups is 1. The van der Waals surface area contributed by atoms with E-state index in [-0.39, 0.29) is 6.42 Å². The van der Waals surface area contributed by atoms with E-state index in [0.29, 0.717) is 30.4 Å². The topological polar surface area (TPSA) is 107 Å². The number of nitrogens with zero attached hydrogens (tertiary/aromatic N) is 5. The van der Waals surface area contributed by atoms with E-state index in [4.69, 9.17) is 9.52 Å². The average Bonchev–Trinajstić information content (AvgIpc) is 2.86. The molecule has 2 heterocycles. The van der Waals surface area contributed by atoms with Crippen LogP contribution >= 0.6 is 0 Å². The fourth-order valence-electron chi connectivity index (χ4n) is 1.31. The van der Waals surface area contributed by atoms with Crippen LogP contribution in [-0.2, 0) is 17.8 Å². The van der Waals surface area contributed by atoms with Crippen LogP contribution in [-0.4, -0.2) is 36.3 Å². The van der Waals surface area contributed by atoms with Crippen LogP contribution < -0.4 is 0 Å². The summed E-state index contributed by atoms with van der Waals surface area (Å²) in [5.74, 6) is 0.0791. The molecule has 0 bridgehead atoms. The summed E-state index contributed by atoms with van der Waals surface area (Å²) in [6.45, 7) is 2.04. The molecule has 2 aromatic rings. The summed E-state index contributed by atoms with van der Waals surface area (Å²) < 4.78 is 6.72. The predicted octanol–water partition coefficient (Wildman–Crippen LogP) is 0.0350. The van der Waals surface area contributed by atoms with Gasteiger partial charge in [0.15, 0.2) is 0 Å². The van der Waals surface area contributed by atoms with Crippen LogP contribution in [0.3, 0.4) is 0 Å². The Bertz CT molecular complexity index is 518. The van der Waals surface area contributed by atoms with Gasteiger partial charge in [0.2, 0.25) is 11.8 Å². The third kappa shape index (κ3) is 3.10. The molecule has 0 spiro atoms. The van der Waals surface area contributed by atoms with Crippen molar-refractivity contribution in [1.29, 1.82) is 0 Å². The highest BCUT2D eigenvalue weighted by molar-refractivity contribution is 5.66. The Morgan fingerprint density at radius 1 is 1.47 bits per heavy atom. The number of carboxylic acids is 1. The van der Waals surface area contributed by atoms with Gasteiger partial charge in [-0.25, -0.2) is 4.68 Å². The zero-order chi connectivity index (χ0) is 12.3. The lowest BCUT2D eigenvalue weighted by Gasteiger charge is -1.92. The molecule has 0 radical (unpaired) electrons. The fourth-order valence-corrected chi connectivity index (χ4v) is 1.31. The molecule has 0 atom stereocenters. The lowest BCUT2D eigenvalue weighted by molar-refractivity contribution is -0.136. The van der Waals surface area contributed by atoms with Gasteiger partial charge in [-0.3, -0.25) is 4.79 Å². The lowest BCUT2D eigenvalue weighted by Crippen LogP contribution is -2.00. The summed E-state index contributed by atoms with van der Waals surface area (Å²) in [5.41, 5.74) is 0.628. The SMILES string of the molecule is Cc1nnc(Cn2cc(CCC(=O)O)nn2)o1. The third-order valence-corrected chi connectivity index (χ3v) is 2.05. The van der Waals surface area contributed by atoms with E-state index in [0.717, 1.165) is 0 Å². The van der Waals surface area contributed by atoms with E-state index in [1.165, 1.54) is 4.68 Å². The monoisotopic (exact) mass is 237 g/mol. The Morgan fingerprint density at radius 2 is 2.29 bits per heavy atom. The summed E-state index contributed by atoms with van der Waals surface area (Å²) in [6.07, 6.45) is 2.07. The minimum Gasteiger partial charge on any atom is -0.481 e. The Balaban J connectivity index is 1.96. The highest BCUT2D eigenvalue weighted by Crippen LogP contribution is 2.02. The minimum atomic E-state index is -0.855. The molecule has 0 saturated carbocycles. The van der Waals surface area contributed by atoms with E-state index in [9.17, 15) is 4.79 Å². The second-order valence-corrected chi connectivity index (χ2v) is 3.52. The molecule has 0 amide bonds. The number of rotatable bonds is 5. The van der Waals surface area contributed by atoms with Crippen LogP contribution in [0.1, 0.15) is 23.9 Å². The first-order chi connectivity index (χ1) is 8.13. The second-order valence-electron chi connectivity index (χ2n) is 3.52. The van der Waals surface area contributed by atoms with Gasteiger partial charge in [0.05, 0.1) is 12.1 Å². The molecule has 0 aliphatic carbocycles. The van der Waals surface area contributed by atoms with Crippen molar-refractivity contribution in [3.8, 4) is 0 Å². The smallest absolute Gasteiger partial charge is 0.303 e. The molecular formula is C9H11N5O3. The zero-order valence-corrected chi connectivity index (χ0v) is 9.20. The van der Waals surface area contributed by atoms with Crippen molar-refractivity contribution in [2.45, 2.75) is 26.3 Å². The summed E-state index contributed by atoms with van der Waals surface area (Å²) in [5, 5.41) is 23.7. The Kier molecular flexibility index (Phi) is 3.12. The molecule has 0 aliphatic rings. The molecule has 0 saturated heterocycles. The van der Waals surface area contributed by atoms with Gasteiger partial charge < -0.3 is 9.52 Å². The standard InChI is InChI=1S/C9H11N5O3/c1-6-10-12-8(17-6)5-14-4-7(11-13-14)2-3-9(15)16/h4H,2-3,5H2,1H3,(H,15,16). The highest BCUT2D eigenvalue weighted by Gasteiger charge is 2.07. The summed E-state index contributed by atoms with van der Waals surface area (Å²) in [7, 11) is 0. The molecule has 1 N–H and O–H groups in total. The quantitative estimate of drug-likeness (QED) is 0.781. The maximum Gasteiger partial charge on any atom is 0.303 e. The number of hydrogen-bond acceptors (Lipinski definition) is 6. The molecule has 8 nitrogen and oxygen atoms in total. The van der Waals surface area contributed by atoms with E-state index in [1.807, 2.05) is 0 Å². The number of carboxylic acid groups (broad SMARTS) is 1. The maximum absolute atomic E-state index is 10.4. The normalized spacial score (nSPS) is 10.6. The zero-order valence-electron chi connectivity index (χ0n) is 9.20. The van der Waals surface area contributed by atoms with Gasteiger partial charge in [-0.15, -0.1) is 15.3 Å².